The second-order valence-corrected chi connectivity index (χ2v) is 7.01. The number of aromatic nitrogens is 2. The summed E-state index contributed by atoms with van der Waals surface area (Å²) in [6.07, 6.45) is 5.54. The number of hydrogen-bond donors (Lipinski definition) is 2. The lowest BCUT2D eigenvalue weighted by atomic mass is 10.1. The van der Waals surface area contributed by atoms with Gasteiger partial charge in [0, 0.05) is 32.5 Å². The molecule has 2 aromatic carbocycles. The number of aliphatic imine (C=N–C) groups is 1. The lowest BCUT2D eigenvalue weighted by molar-refractivity contribution is 0.0931. The SMILES string of the molecule is CN=C(NCc1ccccc1-n1ccnc1)NCC(C)COCc1ccccc1. The van der Waals surface area contributed by atoms with Crippen molar-refractivity contribution in [3.63, 3.8) is 0 Å². The van der Waals surface area contributed by atoms with E-state index in [0.717, 1.165) is 18.2 Å². The van der Waals surface area contributed by atoms with Crippen LogP contribution in [-0.4, -0.2) is 35.7 Å². The number of benzene rings is 2. The highest BCUT2D eigenvalue weighted by molar-refractivity contribution is 5.79. The van der Waals surface area contributed by atoms with Gasteiger partial charge in [-0.3, -0.25) is 4.99 Å². The normalized spacial score (nSPS) is 12.6. The van der Waals surface area contributed by atoms with Crippen molar-refractivity contribution in [1.29, 1.82) is 0 Å². The van der Waals surface area contributed by atoms with Gasteiger partial charge in [-0.05, 0) is 23.1 Å². The highest BCUT2D eigenvalue weighted by Gasteiger charge is 2.07. The molecule has 152 valence electrons. The Balaban J connectivity index is 1.43. The lowest BCUT2D eigenvalue weighted by Crippen LogP contribution is -2.39. The van der Waals surface area contributed by atoms with Crippen LogP contribution in [0.2, 0.25) is 0 Å². The van der Waals surface area contributed by atoms with Crippen LogP contribution in [0, 0.1) is 5.92 Å². The Morgan fingerprint density at radius 2 is 1.90 bits per heavy atom. The molecule has 0 spiro atoms. The maximum absolute atomic E-state index is 5.82. The number of nitrogens with one attached hydrogen (secondary N) is 2. The van der Waals surface area contributed by atoms with E-state index in [9.17, 15) is 0 Å². The van der Waals surface area contributed by atoms with Crippen LogP contribution in [-0.2, 0) is 17.9 Å². The molecule has 3 rings (SSSR count). The molecule has 0 saturated heterocycles. The highest BCUT2D eigenvalue weighted by Crippen LogP contribution is 2.13. The molecule has 0 aliphatic heterocycles. The van der Waals surface area contributed by atoms with E-state index >= 15 is 0 Å². The zero-order chi connectivity index (χ0) is 20.3. The Hall–Kier alpha value is -3.12. The zero-order valence-corrected chi connectivity index (χ0v) is 17.1. The van der Waals surface area contributed by atoms with Gasteiger partial charge < -0.3 is 19.9 Å². The fourth-order valence-corrected chi connectivity index (χ4v) is 3.00. The molecule has 1 atom stereocenters. The average molecular weight is 392 g/mol. The van der Waals surface area contributed by atoms with E-state index < -0.39 is 0 Å². The number of para-hydroxylation sites is 1. The fourth-order valence-electron chi connectivity index (χ4n) is 3.00. The summed E-state index contributed by atoms with van der Waals surface area (Å²) < 4.78 is 7.84. The summed E-state index contributed by atoms with van der Waals surface area (Å²) in [5.41, 5.74) is 3.48. The minimum Gasteiger partial charge on any atom is -0.376 e. The van der Waals surface area contributed by atoms with Crippen LogP contribution in [0.5, 0.6) is 0 Å². The first kappa shape index (κ1) is 20.6. The van der Waals surface area contributed by atoms with E-state index in [0.29, 0.717) is 25.7 Å². The molecule has 0 aliphatic rings. The molecule has 2 N–H and O–H groups in total. The van der Waals surface area contributed by atoms with Gasteiger partial charge in [-0.25, -0.2) is 4.98 Å². The van der Waals surface area contributed by atoms with Crippen molar-refractivity contribution in [2.24, 2.45) is 10.9 Å². The fraction of sp³-hybridized carbons (Fsp3) is 0.304. The predicted molar refractivity (Wildman–Crippen MR) is 117 cm³/mol. The molecular formula is C23H29N5O. The first-order valence-corrected chi connectivity index (χ1v) is 9.88. The predicted octanol–water partition coefficient (Wildman–Crippen LogP) is 3.39. The van der Waals surface area contributed by atoms with E-state index in [1.165, 1.54) is 11.1 Å². The summed E-state index contributed by atoms with van der Waals surface area (Å²) in [5, 5.41) is 6.77. The second-order valence-electron chi connectivity index (χ2n) is 7.01. The van der Waals surface area contributed by atoms with Crippen molar-refractivity contribution in [3.8, 4) is 5.69 Å². The van der Waals surface area contributed by atoms with Crippen molar-refractivity contribution in [3.05, 3.63) is 84.4 Å². The summed E-state index contributed by atoms with van der Waals surface area (Å²) in [4.78, 5) is 8.47. The maximum atomic E-state index is 5.82. The third-order valence-corrected chi connectivity index (χ3v) is 4.58. The van der Waals surface area contributed by atoms with Gasteiger partial charge in [-0.2, -0.15) is 0 Å². The lowest BCUT2D eigenvalue weighted by Gasteiger charge is -2.17. The number of imidazole rings is 1. The van der Waals surface area contributed by atoms with Crippen LogP contribution >= 0.6 is 0 Å². The molecule has 0 radical (unpaired) electrons. The van der Waals surface area contributed by atoms with Gasteiger partial charge >= 0.3 is 0 Å². The van der Waals surface area contributed by atoms with Crippen LogP contribution in [0.4, 0.5) is 0 Å². The quantitative estimate of drug-likeness (QED) is 0.434. The zero-order valence-electron chi connectivity index (χ0n) is 17.1. The number of guanidine groups is 1. The molecule has 0 saturated carbocycles. The molecule has 1 aromatic heterocycles. The molecule has 6 nitrogen and oxygen atoms in total. The Bertz CT molecular complexity index is 877. The molecule has 0 amide bonds. The Labute approximate surface area is 172 Å². The largest absolute Gasteiger partial charge is 0.376 e. The summed E-state index contributed by atoms with van der Waals surface area (Å²) in [7, 11) is 1.79. The van der Waals surface area contributed by atoms with Gasteiger partial charge in [0.15, 0.2) is 5.96 Å². The third-order valence-electron chi connectivity index (χ3n) is 4.58. The minimum absolute atomic E-state index is 0.371. The standard InChI is InChI=1S/C23H29N5O/c1-19(16-29-17-20-8-4-3-5-9-20)14-26-23(24-2)27-15-21-10-6-7-11-22(21)28-13-12-25-18-28/h3-13,18-19H,14-17H2,1-2H3,(H2,24,26,27). The molecule has 0 bridgehead atoms. The van der Waals surface area contributed by atoms with Crippen molar-refractivity contribution < 1.29 is 4.74 Å². The number of hydrogen-bond acceptors (Lipinski definition) is 3. The van der Waals surface area contributed by atoms with Crippen molar-refractivity contribution in [2.45, 2.75) is 20.1 Å². The van der Waals surface area contributed by atoms with Crippen LogP contribution in [0.25, 0.3) is 5.69 Å². The van der Waals surface area contributed by atoms with E-state index in [-0.39, 0.29) is 0 Å². The first-order valence-electron chi connectivity index (χ1n) is 9.88. The monoisotopic (exact) mass is 391 g/mol. The van der Waals surface area contributed by atoms with Gasteiger partial charge in [0.2, 0.25) is 0 Å². The van der Waals surface area contributed by atoms with E-state index in [2.05, 4.69) is 51.8 Å². The van der Waals surface area contributed by atoms with Gasteiger partial charge in [-0.15, -0.1) is 0 Å². The van der Waals surface area contributed by atoms with Crippen LogP contribution in [0.3, 0.4) is 0 Å². The highest BCUT2D eigenvalue weighted by atomic mass is 16.5. The third kappa shape index (κ3) is 6.47. The number of ether oxygens (including phenoxy) is 1. The van der Waals surface area contributed by atoms with Crippen LogP contribution in [0.15, 0.2) is 78.3 Å². The number of nitrogens with zero attached hydrogens (tertiary/aromatic N) is 3. The average Bonchev–Trinajstić information content (AvgIpc) is 3.30. The topological polar surface area (TPSA) is 63.5 Å². The Morgan fingerprint density at radius 1 is 1.10 bits per heavy atom. The second kappa shape index (κ2) is 11.0. The van der Waals surface area contributed by atoms with Crippen LogP contribution < -0.4 is 10.6 Å². The van der Waals surface area contributed by atoms with Gasteiger partial charge in [0.25, 0.3) is 0 Å². The summed E-state index contributed by atoms with van der Waals surface area (Å²) >= 11 is 0. The Kier molecular flexibility index (Phi) is 7.83. The van der Waals surface area contributed by atoms with Gasteiger partial charge in [-0.1, -0.05) is 55.5 Å². The van der Waals surface area contributed by atoms with E-state index in [4.69, 9.17) is 4.74 Å². The maximum Gasteiger partial charge on any atom is 0.191 e. The molecule has 1 unspecified atom stereocenters. The van der Waals surface area contributed by atoms with E-state index in [1.807, 2.05) is 47.4 Å². The smallest absolute Gasteiger partial charge is 0.191 e. The van der Waals surface area contributed by atoms with E-state index in [1.54, 1.807) is 13.2 Å². The summed E-state index contributed by atoms with van der Waals surface area (Å²) in [5.74, 6) is 1.15. The van der Waals surface area contributed by atoms with Crippen LogP contribution in [0.1, 0.15) is 18.1 Å². The molecule has 0 aliphatic carbocycles. The molecular weight excluding hydrogens is 362 g/mol. The first-order chi connectivity index (χ1) is 14.3. The Morgan fingerprint density at radius 3 is 2.66 bits per heavy atom. The minimum atomic E-state index is 0.371. The molecule has 0 fully saturated rings. The molecule has 1 heterocycles. The summed E-state index contributed by atoms with van der Waals surface area (Å²) in [6.45, 7) is 4.97. The summed E-state index contributed by atoms with van der Waals surface area (Å²) in [6, 6.07) is 18.5. The van der Waals surface area contributed by atoms with Crippen molar-refractivity contribution in [2.75, 3.05) is 20.2 Å². The van der Waals surface area contributed by atoms with Crippen molar-refractivity contribution >= 4 is 5.96 Å². The molecule has 6 heteroatoms. The van der Waals surface area contributed by atoms with Gasteiger partial charge in [0.1, 0.15) is 0 Å². The number of rotatable bonds is 9. The van der Waals surface area contributed by atoms with Crippen molar-refractivity contribution in [1.82, 2.24) is 20.2 Å². The molecule has 29 heavy (non-hydrogen) atoms. The van der Waals surface area contributed by atoms with Gasteiger partial charge in [0.05, 0.1) is 25.2 Å². The molecule has 3 aromatic rings.